The number of anilines is 2. The molecule has 0 saturated carbocycles. The minimum Gasteiger partial charge on any atom is -0.379 e. The summed E-state index contributed by atoms with van der Waals surface area (Å²) in [6, 6.07) is 12.2. The van der Waals surface area contributed by atoms with Gasteiger partial charge in [-0.05, 0) is 42.8 Å². The molecular weight excluding hydrogens is 523 g/mol. The molecule has 0 radical (unpaired) electrons. The van der Waals surface area contributed by atoms with Crippen molar-refractivity contribution in [2.75, 3.05) is 49.2 Å². The van der Waals surface area contributed by atoms with Crippen LogP contribution in [-0.4, -0.2) is 67.0 Å². The minimum atomic E-state index is -0.217. The Bertz CT molecular complexity index is 1240. The number of fused-ring (bicyclic) bond motifs is 1. The highest BCUT2D eigenvalue weighted by Crippen LogP contribution is 2.34. The number of halogens is 2. The number of thiazole rings is 1. The molecular formula is C25H26Cl2N4O4S. The average Bonchev–Trinajstić information content (AvgIpc) is 3.46. The maximum Gasteiger partial charge on any atom is 0.260 e. The molecule has 8 nitrogen and oxygen atoms in total. The highest BCUT2D eigenvalue weighted by molar-refractivity contribution is 7.22. The molecule has 0 N–H and O–H groups in total. The third kappa shape index (κ3) is 5.55. The monoisotopic (exact) mass is 548 g/mol. The van der Waals surface area contributed by atoms with E-state index in [4.69, 9.17) is 16.3 Å². The normalized spacial score (nSPS) is 16.4. The van der Waals surface area contributed by atoms with Gasteiger partial charge in [-0.15, -0.1) is 12.4 Å². The number of para-hydroxylation sites is 1. The SMILES string of the molecule is Cl.O=C(c1ccc(N2C(=O)CCC2=O)cc1)N(CCCN1CCOCC1)c1nc2c(Cl)cccc2s1. The van der Waals surface area contributed by atoms with Gasteiger partial charge in [0.05, 0.1) is 28.6 Å². The molecule has 0 spiro atoms. The zero-order chi connectivity index (χ0) is 24.4. The van der Waals surface area contributed by atoms with Gasteiger partial charge < -0.3 is 4.74 Å². The molecule has 0 bridgehead atoms. The number of hydrogen-bond acceptors (Lipinski definition) is 7. The summed E-state index contributed by atoms with van der Waals surface area (Å²) >= 11 is 7.77. The fourth-order valence-corrected chi connectivity index (χ4v) is 5.64. The smallest absolute Gasteiger partial charge is 0.260 e. The lowest BCUT2D eigenvalue weighted by Crippen LogP contribution is -2.39. The first-order valence-corrected chi connectivity index (χ1v) is 12.8. The standard InChI is InChI=1S/C25H25ClN4O4S.ClH/c26-19-3-1-4-20-23(19)27-25(35-20)29(12-2-11-28-13-15-34-16-14-28)24(33)17-5-7-18(8-6-17)30-21(31)9-10-22(30)32;/h1,3-8H,2,9-16H2;1H. The van der Waals surface area contributed by atoms with Crippen LogP contribution in [0.25, 0.3) is 10.2 Å². The first-order valence-electron chi connectivity index (χ1n) is 11.6. The topological polar surface area (TPSA) is 83.1 Å². The largest absolute Gasteiger partial charge is 0.379 e. The molecule has 5 rings (SSSR count). The molecule has 0 atom stereocenters. The summed E-state index contributed by atoms with van der Waals surface area (Å²) in [7, 11) is 0. The Kier molecular flexibility index (Phi) is 8.58. The Morgan fingerprint density at radius 3 is 2.42 bits per heavy atom. The zero-order valence-electron chi connectivity index (χ0n) is 19.5. The molecule has 3 heterocycles. The van der Waals surface area contributed by atoms with Crippen LogP contribution in [0.5, 0.6) is 0 Å². The number of benzene rings is 2. The van der Waals surface area contributed by atoms with Crippen molar-refractivity contribution in [3.8, 4) is 0 Å². The van der Waals surface area contributed by atoms with Crippen molar-refractivity contribution in [2.45, 2.75) is 19.3 Å². The van der Waals surface area contributed by atoms with Gasteiger partial charge in [0.15, 0.2) is 5.13 Å². The van der Waals surface area contributed by atoms with Crippen molar-refractivity contribution in [2.24, 2.45) is 0 Å². The Labute approximate surface area is 224 Å². The molecule has 3 aromatic rings. The molecule has 11 heteroatoms. The van der Waals surface area contributed by atoms with E-state index in [-0.39, 0.29) is 43.0 Å². The van der Waals surface area contributed by atoms with Gasteiger partial charge in [-0.25, -0.2) is 4.98 Å². The summed E-state index contributed by atoms with van der Waals surface area (Å²) in [6.07, 6.45) is 1.22. The van der Waals surface area contributed by atoms with E-state index in [0.29, 0.717) is 33.5 Å². The summed E-state index contributed by atoms with van der Waals surface area (Å²) in [4.78, 5) is 47.6. The van der Waals surface area contributed by atoms with E-state index >= 15 is 0 Å². The van der Waals surface area contributed by atoms with Crippen molar-refractivity contribution < 1.29 is 19.1 Å². The van der Waals surface area contributed by atoms with E-state index in [1.165, 1.54) is 16.2 Å². The summed E-state index contributed by atoms with van der Waals surface area (Å²) in [5.74, 6) is -0.622. The van der Waals surface area contributed by atoms with Crippen LogP contribution >= 0.6 is 35.3 Å². The molecule has 2 saturated heterocycles. The van der Waals surface area contributed by atoms with Crippen LogP contribution in [0.3, 0.4) is 0 Å². The summed E-state index contributed by atoms with van der Waals surface area (Å²) < 4.78 is 6.34. The van der Waals surface area contributed by atoms with Crippen molar-refractivity contribution in [1.82, 2.24) is 9.88 Å². The molecule has 2 fully saturated rings. The van der Waals surface area contributed by atoms with Crippen molar-refractivity contribution in [3.05, 3.63) is 53.1 Å². The number of hydrogen-bond donors (Lipinski definition) is 0. The summed E-state index contributed by atoms with van der Waals surface area (Å²) in [5.41, 5.74) is 1.63. The van der Waals surface area contributed by atoms with Crippen LogP contribution in [0.15, 0.2) is 42.5 Å². The third-order valence-electron chi connectivity index (χ3n) is 6.22. The first-order chi connectivity index (χ1) is 17.0. The van der Waals surface area contributed by atoms with Crippen LogP contribution in [0.4, 0.5) is 10.8 Å². The zero-order valence-corrected chi connectivity index (χ0v) is 21.9. The average molecular weight is 549 g/mol. The maximum absolute atomic E-state index is 13.6. The number of amides is 3. The number of ether oxygens (including phenoxy) is 1. The van der Waals surface area contributed by atoms with Crippen molar-refractivity contribution in [1.29, 1.82) is 0 Å². The van der Waals surface area contributed by atoms with Crippen LogP contribution in [0, 0.1) is 0 Å². The van der Waals surface area contributed by atoms with Gasteiger partial charge >= 0.3 is 0 Å². The van der Waals surface area contributed by atoms with Gasteiger partial charge in [-0.2, -0.15) is 0 Å². The third-order valence-corrected chi connectivity index (χ3v) is 7.57. The van der Waals surface area contributed by atoms with Crippen molar-refractivity contribution in [3.63, 3.8) is 0 Å². The highest BCUT2D eigenvalue weighted by Gasteiger charge is 2.30. The number of carbonyl (C=O) groups is 3. The second-order valence-electron chi connectivity index (χ2n) is 8.52. The van der Waals surface area contributed by atoms with Gasteiger partial charge in [-0.1, -0.05) is 29.0 Å². The molecule has 3 amide bonds. The highest BCUT2D eigenvalue weighted by atomic mass is 35.5. The Hall–Kier alpha value is -2.56. The quantitative estimate of drug-likeness (QED) is 0.407. The predicted octanol–water partition coefficient (Wildman–Crippen LogP) is 4.39. The number of nitrogens with zero attached hydrogens (tertiary/aromatic N) is 4. The number of carbonyl (C=O) groups excluding carboxylic acids is 3. The summed E-state index contributed by atoms with van der Waals surface area (Å²) in [5, 5.41) is 1.14. The van der Waals surface area contributed by atoms with Crippen LogP contribution in [-0.2, 0) is 14.3 Å². The molecule has 0 aliphatic carbocycles. The van der Waals surface area contributed by atoms with E-state index < -0.39 is 0 Å². The van der Waals surface area contributed by atoms with Gasteiger partial charge in [0.1, 0.15) is 5.52 Å². The number of imide groups is 1. The molecule has 190 valence electrons. The number of rotatable bonds is 7. The Morgan fingerprint density at radius 2 is 1.75 bits per heavy atom. The van der Waals surface area contributed by atoms with E-state index in [2.05, 4.69) is 9.88 Å². The minimum absolute atomic E-state index is 0. The van der Waals surface area contributed by atoms with E-state index in [0.717, 1.165) is 44.0 Å². The van der Waals surface area contributed by atoms with E-state index in [9.17, 15) is 14.4 Å². The second-order valence-corrected chi connectivity index (χ2v) is 9.93. The molecule has 1 aromatic heterocycles. The fourth-order valence-electron chi connectivity index (χ4n) is 4.35. The molecule has 2 aliphatic rings. The van der Waals surface area contributed by atoms with E-state index in [1.54, 1.807) is 35.2 Å². The molecule has 0 unspecified atom stereocenters. The Balaban J connectivity index is 0.00000304. The molecule has 36 heavy (non-hydrogen) atoms. The van der Waals surface area contributed by atoms with Crippen LogP contribution in [0.1, 0.15) is 29.6 Å². The van der Waals surface area contributed by atoms with Gasteiger partial charge in [0.25, 0.3) is 5.91 Å². The van der Waals surface area contributed by atoms with Gasteiger partial charge in [-0.3, -0.25) is 29.1 Å². The lowest BCUT2D eigenvalue weighted by atomic mass is 10.1. The van der Waals surface area contributed by atoms with Crippen LogP contribution in [0.2, 0.25) is 5.02 Å². The maximum atomic E-state index is 13.6. The lowest BCUT2D eigenvalue weighted by Gasteiger charge is -2.27. The number of morpholine rings is 1. The van der Waals surface area contributed by atoms with Gasteiger partial charge in [0.2, 0.25) is 11.8 Å². The van der Waals surface area contributed by atoms with Crippen molar-refractivity contribution >= 4 is 74.1 Å². The van der Waals surface area contributed by atoms with Crippen LogP contribution < -0.4 is 9.80 Å². The fraction of sp³-hybridized carbons (Fsp3) is 0.360. The molecule has 2 aromatic carbocycles. The summed E-state index contributed by atoms with van der Waals surface area (Å²) in [6.45, 7) is 4.59. The lowest BCUT2D eigenvalue weighted by molar-refractivity contribution is -0.121. The second kappa shape index (κ2) is 11.7. The molecule has 2 aliphatic heterocycles. The van der Waals surface area contributed by atoms with E-state index in [1.807, 2.05) is 12.1 Å². The predicted molar refractivity (Wildman–Crippen MR) is 144 cm³/mol. The Morgan fingerprint density at radius 1 is 1.06 bits per heavy atom. The number of aromatic nitrogens is 1. The van der Waals surface area contributed by atoms with Gasteiger partial charge in [0, 0.05) is 44.6 Å². The first kappa shape index (κ1) is 26.5.